The van der Waals surface area contributed by atoms with Gasteiger partial charge in [0.05, 0.1) is 6.10 Å². The molecule has 0 spiro atoms. The summed E-state index contributed by atoms with van der Waals surface area (Å²) >= 11 is 6.07. The molecular formula is C14H16ClN3O2. The van der Waals surface area contributed by atoms with E-state index in [1.807, 2.05) is 12.1 Å². The van der Waals surface area contributed by atoms with E-state index >= 15 is 0 Å². The SMILES string of the molecule is O=C(NC1CCC(O)CC1)c1c(Cl)nc2ccccn12. The normalized spacial score (nSPS) is 22.9. The van der Waals surface area contributed by atoms with Crippen molar-refractivity contribution in [1.29, 1.82) is 0 Å². The number of carbonyl (C=O) groups is 1. The highest BCUT2D eigenvalue weighted by Gasteiger charge is 2.24. The van der Waals surface area contributed by atoms with E-state index in [1.165, 1.54) is 0 Å². The van der Waals surface area contributed by atoms with Crippen molar-refractivity contribution in [2.75, 3.05) is 0 Å². The van der Waals surface area contributed by atoms with E-state index in [9.17, 15) is 9.90 Å². The predicted octanol–water partition coefficient (Wildman–Crippen LogP) is 2.02. The van der Waals surface area contributed by atoms with Crippen molar-refractivity contribution in [2.24, 2.45) is 0 Å². The number of imidazole rings is 1. The van der Waals surface area contributed by atoms with Crippen LogP contribution in [0.4, 0.5) is 0 Å². The number of aliphatic hydroxyl groups excluding tert-OH is 1. The molecule has 20 heavy (non-hydrogen) atoms. The van der Waals surface area contributed by atoms with Gasteiger partial charge in [0.25, 0.3) is 5.91 Å². The van der Waals surface area contributed by atoms with Gasteiger partial charge in [0.1, 0.15) is 5.65 Å². The number of aromatic nitrogens is 2. The molecule has 6 heteroatoms. The minimum Gasteiger partial charge on any atom is -0.393 e. The monoisotopic (exact) mass is 293 g/mol. The summed E-state index contributed by atoms with van der Waals surface area (Å²) in [5, 5.41) is 12.7. The van der Waals surface area contributed by atoms with E-state index in [4.69, 9.17) is 11.6 Å². The molecule has 0 atom stereocenters. The van der Waals surface area contributed by atoms with Gasteiger partial charge in [0.15, 0.2) is 10.8 Å². The smallest absolute Gasteiger partial charge is 0.271 e. The summed E-state index contributed by atoms with van der Waals surface area (Å²) in [7, 11) is 0. The second-order valence-electron chi connectivity index (χ2n) is 5.16. The zero-order valence-corrected chi connectivity index (χ0v) is 11.7. The van der Waals surface area contributed by atoms with E-state index in [1.54, 1.807) is 16.7 Å². The summed E-state index contributed by atoms with van der Waals surface area (Å²) < 4.78 is 1.69. The Hall–Kier alpha value is -1.59. The van der Waals surface area contributed by atoms with Crippen molar-refractivity contribution < 1.29 is 9.90 Å². The van der Waals surface area contributed by atoms with Crippen molar-refractivity contribution in [3.05, 3.63) is 35.2 Å². The Labute approximate surface area is 121 Å². The number of rotatable bonds is 2. The Bertz CT molecular complexity index is 632. The standard InChI is InChI=1S/C14H16ClN3O2/c15-13-12(18-8-2-1-3-11(18)17-13)14(20)16-9-4-6-10(19)7-5-9/h1-3,8-10,19H,4-7H2,(H,16,20). The number of aliphatic hydroxyl groups is 1. The van der Waals surface area contributed by atoms with Crippen LogP contribution in [0.2, 0.25) is 5.15 Å². The first-order valence-electron chi connectivity index (χ1n) is 6.76. The Kier molecular flexibility index (Phi) is 3.63. The van der Waals surface area contributed by atoms with Crippen LogP contribution >= 0.6 is 11.6 Å². The van der Waals surface area contributed by atoms with E-state index < -0.39 is 0 Å². The molecule has 1 amide bonds. The zero-order valence-electron chi connectivity index (χ0n) is 10.9. The van der Waals surface area contributed by atoms with Crippen LogP contribution in [0.25, 0.3) is 5.65 Å². The van der Waals surface area contributed by atoms with Gasteiger partial charge in [-0.15, -0.1) is 0 Å². The summed E-state index contributed by atoms with van der Waals surface area (Å²) in [4.78, 5) is 16.5. The number of nitrogens with one attached hydrogen (secondary N) is 1. The summed E-state index contributed by atoms with van der Waals surface area (Å²) in [6, 6.07) is 5.58. The van der Waals surface area contributed by atoms with Gasteiger partial charge in [-0.1, -0.05) is 17.7 Å². The van der Waals surface area contributed by atoms with Crippen LogP contribution in [-0.2, 0) is 0 Å². The fourth-order valence-corrected chi connectivity index (χ4v) is 2.91. The molecule has 0 bridgehead atoms. The Morgan fingerprint density at radius 3 is 2.85 bits per heavy atom. The molecule has 3 rings (SSSR count). The first-order valence-corrected chi connectivity index (χ1v) is 7.14. The fourth-order valence-electron chi connectivity index (χ4n) is 2.64. The molecule has 0 saturated heterocycles. The van der Waals surface area contributed by atoms with Gasteiger partial charge < -0.3 is 10.4 Å². The third kappa shape index (κ3) is 2.51. The first kappa shape index (κ1) is 13.4. The second-order valence-corrected chi connectivity index (χ2v) is 5.52. The van der Waals surface area contributed by atoms with E-state index in [0.29, 0.717) is 11.3 Å². The molecule has 0 aromatic carbocycles. The number of nitrogens with zero attached hydrogens (tertiary/aromatic N) is 2. The summed E-state index contributed by atoms with van der Waals surface area (Å²) in [6.07, 6.45) is 4.58. The molecule has 0 radical (unpaired) electrons. The van der Waals surface area contributed by atoms with Gasteiger partial charge in [-0.2, -0.15) is 0 Å². The van der Waals surface area contributed by atoms with Gasteiger partial charge in [0.2, 0.25) is 0 Å². The highest BCUT2D eigenvalue weighted by atomic mass is 35.5. The largest absolute Gasteiger partial charge is 0.393 e. The zero-order chi connectivity index (χ0) is 14.1. The maximum Gasteiger partial charge on any atom is 0.271 e. The summed E-state index contributed by atoms with van der Waals surface area (Å²) in [5.74, 6) is -0.213. The van der Waals surface area contributed by atoms with Crippen LogP contribution in [0.1, 0.15) is 36.2 Å². The van der Waals surface area contributed by atoms with Gasteiger partial charge >= 0.3 is 0 Å². The second kappa shape index (κ2) is 5.42. The molecule has 1 aliphatic rings. The lowest BCUT2D eigenvalue weighted by Crippen LogP contribution is -2.39. The lowest BCUT2D eigenvalue weighted by Gasteiger charge is -2.26. The van der Waals surface area contributed by atoms with Crippen molar-refractivity contribution in [3.8, 4) is 0 Å². The van der Waals surface area contributed by atoms with Crippen molar-refractivity contribution in [3.63, 3.8) is 0 Å². The molecular weight excluding hydrogens is 278 g/mol. The highest BCUT2D eigenvalue weighted by Crippen LogP contribution is 2.21. The predicted molar refractivity (Wildman–Crippen MR) is 75.9 cm³/mol. The average molecular weight is 294 g/mol. The fraction of sp³-hybridized carbons (Fsp3) is 0.429. The van der Waals surface area contributed by atoms with Crippen LogP contribution in [0.3, 0.4) is 0 Å². The van der Waals surface area contributed by atoms with E-state index in [0.717, 1.165) is 25.7 Å². The van der Waals surface area contributed by atoms with Crippen molar-refractivity contribution >= 4 is 23.2 Å². The molecule has 2 aromatic heterocycles. The molecule has 2 aromatic rings. The molecule has 1 saturated carbocycles. The summed E-state index contributed by atoms with van der Waals surface area (Å²) in [6.45, 7) is 0. The lowest BCUT2D eigenvalue weighted by molar-refractivity contribution is 0.0862. The number of hydrogen-bond acceptors (Lipinski definition) is 3. The molecule has 1 fully saturated rings. The molecule has 0 aliphatic heterocycles. The van der Waals surface area contributed by atoms with Gasteiger partial charge in [-0.3, -0.25) is 9.20 Å². The number of fused-ring (bicyclic) bond motifs is 1. The highest BCUT2D eigenvalue weighted by molar-refractivity contribution is 6.32. The molecule has 5 nitrogen and oxygen atoms in total. The maximum absolute atomic E-state index is 12.4. The molecule has 1 aliphatic carbocycles. The molecule has 106 valence electrons. The number of carbonyl (C=O) groups excluding carboxylic acids is 1. The van der Waals surface area contributed by atoms with E-state index in [-0.39, 0.29) is 23.2 Å². The minimum atomic E-state index is -0.234. The van der Waals surface area contributed by atoms with Crippen molar-refractivity contribution in [2.45, 2.75) is 37.8 Å². The van der Waals surface area contributed by atoms with Gasteiger partial charge in [0, 0.05) is 12.2 Å². The number of amides is 1. The molecule has 2 heterocycles. The van der Waals surface area contributed by atoms with Crippen LogP contribution in [0.15, 0.2) is 24.4 Å². The Morgan fingerprint density at radius 2 is 2.10 bits per heavy atom. The maximum atomic E-state index is 12.4. The number of hydrogen-bond donors (Lipinski definition) is 2. The van der Waals surface area contributed by atoms with Gasteiger partial charge in [-0.25, -0.2) is 4.98 Å². The van der Waals surface area contributed by atoms with Crippen LogP contribution in [-0.4, -0.2) is 32.5 Å². The lowest BCUT2D eigenvalue weighted by atomic mass is 9.93. The van der Waals surface area contributed by atoms with Crippen molar-refractivity contribution in [1.82, 2.24) is 14.7 Å². The Balaban J connectivity index is 1.80. The van der Waals surface area contributed by atoms with Crippen LogP contribution < -0.4 is 5.32 Å². The number of halogens is 1. The Morgan fingerprint density at radius 1 is 1.35 bits per heavy atom. The average Bonchev–Trinajstić information content (AvgIpc) is 2.77. The van der Waals surface area contributed by atoms with Crippen LogP contribution in [0.5, 0.6) is 0 Å². The third-order valence-corrected chi connectivity index (χ3v) is 4.00. The van der Waals surface area contributed by atoms with Crippen LogP contribution in [0, 0.1) is 0 Å². The first-order chi connectivity index (χ1) is 9.65. The quantitative estimate of drug-likeness (QED) is 0.890. The topological polar surface area (TPSA) is 66.6 Å². The minimum absolute atomic E-state index is 0.0937. The summed E-state index contributed by atoms with van der Waals surface area (Å²) in [5.41, 5.74) is 1.02. The van der Waals surface area contributed by atoms with E-state index in [2.05, 4.69) is 10.3 Å². The number of pyridine rings is 1. The molecule has 0 unspecified atom stereocenters. The molecule has 2 N–H and O–H groups in total. The third-order valence-electron chi connectivity index (χ3n) is 3.73. The van der Waals surface area contributed by atoms with Gasteiger partial charge in [-0.05, 0) is 37.8 Å².